The topological polar surface area (TPSA) is 105 Å². The number of hydrogen-bond acceptors (Lipinski definition) is 6. The van der Waals surface area contributed by atoms with E-state index < -0.39 is 16.1 Å². The lowest BCUT2D eigenvalue weighted by Gasteiger charge is -2.13. The molecule has 10 heteroatoms. The van der Waals surface area contributed by atoms with Crippen molar-refractivity contribution in [1.29, 1.82) is 0 Å². The van der Waals surface area contributed by atoms with Crippen LogP contribution in [0.2, 0.25) is 0 Å². The van der Waals surface area contributed by atoms with E-state index in [4.69, 9.17) is 0 Å². The summed E-state index contributed by atoms with van der Waals surface area (Å²) in [5, 5.41) is 13.5. The number of amidine groups is 1. The number of carbonyl (C=O) groups excluding carboxylic acids is 2. The summed E-state index contributed by atoms with van der Waals surface area (Å²) in [5.41, 5.74) is 0.594. The molecule has 0 aromatic heterocycles. The summed E-state index contributed by atoms with van der Waals surface area (Å²) in [4.78, 5) is 41.8. The molecule has 0 unspecified atom stereocenters. The number of aliphatic imine (C=N–C) groups is 1. The highest BCUT2D eigenvalue weighted by atomic mass is 79.9. The first-order chi connectivity index (χ1) is 13.9. The molecule has 0 aliphatic carbocycles. The van der Waals surface area contributed by atoms with Gasteiger partial charge in [-0.2, -0.15) is 0 Å². The zero-order valence-corrected chi connectivity index (χ0v) is 17.8. The predicted molar refractivity (Wildman–Crippen MR) is 116 cm³/mol. The Morgan fingerprint density at radius 1 is 1.28 bits per heavy atom. The van der Waals surface area contributed by atoms with Crippen molar-refractivity contribution in [3.8, 4) is 0 Å². The smallest absolute Gasteiger partial charge is 0.292 e. The zero-order chi connectivity index (χ0) is 21.0. The van der Waals surface area contributed by atoms with Crippen LogP contribution < -0.4 is 5.32 Å². The van der Waals surface area contributed by atoms with Crippen molar-refractivity contribution in [2.75, 3.05) is 11.9 Å². The number of thioether (sulfide) groups is 1. The lowest BCUT2D eigenvalue weighted by molar-refractivity contribution is -0.383. The van der Waals surface area contributed by atoms with Gasteiger partial charge in [-0.05, 0) is 41.1 Å². The highest BCUT2D eigenvalue weighted by molar-refractivity contribution is 9.10. The van der Waals surface area contributed by atoms with Crippen molar-refractivity contribution in [2.45, 2.75) is 18.6 Å². The minimum absolute atomic E-state index is 0.104. The first kappa shape index (κ1) is 21.0. The van der Waals surface area contributed by atoms with Gasteiger partial charge in [-0.1, -0.05) is 36.0 Å². The number of anilines is 1. The number of nitro groups is 1. The van der Waals surface area contributed by atoms with Crippen LogP contribution in [-0.2, 0) is 9.59 Å². The predicted octanol–water partition coefficient (Wildman–Crippen LogP) is 4.34. The van der Waals surface area contributed by atoms with Crippen molar-refractivity contribution < 1.29 is 14.5 Å². The van der Waals surface area contributed by atoms with Gasteiger partial charge in [-0.3, -0.25) is 24.6 Å². The monoisotopic (exact) mass is 476 g/mol. The van der Waals surface area contributed by atoms with Crippen molar-refractivity contribution in [2.24, 2.45) is 4.99 Å². The van der Waals surface area contributed by atoms with E-state index in [1.165, 1.54) is 34.9 Å². The molecule has 8 nitrogen and oxygen atoms in total. The van der Waals surface area contributed by atoms with Crippen molar-refractivity contribution in [3.05, 3.63) is 63.1 Å². The van der Waals surface area contributed by atoms with Gasteiger partial charge < -0.3 is 5.32 Å². The summed E-state index contributed by atoms with van der Waals surface area (Å²) in [6, 6.07) is 13.3. The van der Waals surface area contributed by atoms with Crippen molar-refractivity contribution in [3.63, 3.8) is 0 Å². The number of hydrogen-bond donors (Lipinski definition) is 1. The van der Waals surface area contributed by atoms with Gasteiger partial charge in [-0.15, -0.1) is 0 Å². The van der Waals surface area contributed by atoms with Gasteiger partial charge in [0.1, 0.15) is 10.9 Å². The Bertz CT molecular complexity index is 998. The number of nitrogens with one attached hydrogen (secondary N) is 1. The summed E-state index contributed by atoms with van der Waals surface area (Å²) < 4.78 is 0.800. The lowest BCUT2D eigenvalue weighted by Crippen LogP contribution is -2.33. The first-order valence-corrected chi connectivity index (χ1v) is 10.4. The van der Waals surface area contributed by atoms with E-state index in [9.17, 15) is 19.7 Å². The van der Waals surface area contributed by atoms with Crippen LogP contribution in [-0.4, -0.2) is 38.6 Å². The van der Waals surface area contributed by atoms with Crippen LogP contribution >= 0.6 is 27.7 Å². The third-order valence-corrected chi connectivity index (χ3v) is 6.00. The van der Waals surface area contributed by atoms with Crippen LogP contribution in [0.1, 0.15) is 13.3 Å². The SMILES string of the molecule is CCN1C(=O)[C@@H](CC(=O)Nc2ccccc2[N+](=O)[O-])SC1=Nc1ccccc1Br. The van der Waals surface area contributed by atoms with E-state index in [2.05, 4.69) is 26.2 Å². The molecule has 0 radical (unpaired) electrons. The van der Waals surface area contributed by atoms with Crippen LogP contribution in [0.5, 0.6) is 0 Å². The minimum Gasteiger partial charge on any atom is -0.320 e. The van der Waals surface area contributed by atoms with Gasteiger partial charge in [-0.25, -0.2) is 4.99 Å². The van der Waals surface area contributed by atoms with Crippen LogP contribution in [0.3, 0.4) is 0 Å². The van der Waals surface area contributed by atoms with E-state index in [-0.39, 0.29) is 23.7 Å². The second-order valence-electron chi connectivity index (χ2n) is 6.06. The number of halogens is 1. The van der Waals surface area contributed by atoms with E-state index in [1.54, 1.807) is 6.07 Å². The average molecular weight is 477 g/mol. The molecule has 1 atom stereocenters. The molecule has 1 fully saturated rings. The molecule has 0 bridgehead atoms. The number of nitrogens with zero attached hydrogens (tertiary/aromatic N) is 3. The van der Waals surface area contributed by atoms with E-state index in [0.717, 1.165) is 4.47 Å². The zero-order valence-electron chi connectivity index (χ0n) is 15.4. The van der Waals surface area contributed by atoms with E-state index >= 15 is 0 Å². The Morgan fingerprint density at radius 2 is 1.97 bits per heavy atom. The molecule has 0 spiro atoms. The average Bonchev–Trinajstić information content (AvgIpc) is 2.98. The first-order valence-electron chi connectivity index (χ1n) is 8.75. The molecule has 3 rings (SSSR count). The van der Waals surface area contributed by atoms with Crippen LogP contribution in [0.4, 0.5) is 17.1 Å². The molecule has 0 saturated carbocycles. The molecule has 1 aliphatic rings. The molecule has 2 aromatic carbocycles. The van der Waals surface area contributed by atoms with Gasteiger partial charge in [0.15, 0.2) is 5.17 Å². The highest BCUT2D eigenvalue weighted by Gasteiger charge is 2.38. The third kappa shape index (κ3) is 4.83. The number of nitro benzene ring substituents is 1. The maximum atomic E-state index is 12.7. The molecule has 1 N–H and O–H groups in total. The summed E-state index contributed by atoms with van der Waals surface area (Å²) in [7, 11) is 0. The minimum atomic E-state index is -0.640. The Kier molecular flexibility index (Phi) is 6.65. The van der Waals surface area contributed by atoms with Crippen LogP contribution in [0.15, 0.2) is 58.0 Å². The van der Waals surface area contributed by atoms with Gasteiger partial charge >= 0.3 is 0 Å². The van der Waals surface area contributed by atoms with Gasteiger partial charge in [0.2, 0.25) is 11.8 Å². The second-order valence-corrected chi connectivity index (χ2v) is 8.09. The van der Waals surface area contributed by atoms with Gasteiger partial charge in [0.25, 0.3) is 5.69 Å². The number of carbonyl (C=O) groups is 2. The maximum Gasteiger partial charge on any atom is 0.292 e. The number of benzene rings is 2. The van der Waals surface area contributed by atoms with E-state index in [0.29, 0.717) is 17.4 Å². The molecule has 1 saturated heterocycles. The number of rotatable bonds is 6. The molecule has 2 amide bonds. The largest absolute Gasteiger partial charge is 0.320 e. The lowest BCUT2D eigenvalue weighted by atomic mass is 10.2. The normalized spacial score (nSPS) is 17.6. The molecule has 150 valence electrons. The Labute approximate surface area is 179 Å². The molecule has 2 aromatic rings. The summed E-state index contributed by atoms with van der Waals surface area (Å²) in [5.74, 6) is -0.677. The molecular weight excluding hydrogens is 460 g/mol. The van der Waals surface area contributed by atoms with Gasteiger partial charge in [0.05, 0.1) is 10.6 Å². The standard InChI is InChI=1S/C19H17BrN4O4S/c1-2-23-18(26)16(29-19(23)22-13-8-4-3-7-12(13)20)11-17(25)21-14-9-5-6-10-15(14)24(27)28/h3-10,16H,2,11H2,1H3,(H,21,25)/t16-/m1/s1. The van der Waals surface area contributed by atoms with Gasteiger partial charge in [0, 0.05) is 23.5 Å². The maximum absolute atomic E-state index is 12.7. The summed E-state index contributed by atoms with van der Waals surface area (Å²) in [6.45, 7) is 2.27. The molecular formula is C19H17BrN4O4S. The van der Waals surface area contributed by atoms with Crippen molar-refractivity contribution in [1.82, 2.24) is 4.90 Å². The summed E-state index contributed by atoms with van der Waals surface area (Å²) >= 11 is 4.65. The van der Waals surface area contributed by atoms with Crippen LogP contribution in [0.25, 0.3) is 0 Å². The Hall–Kier alpha value is -2.72. The highest BCUT2D eigenvalue weighted by Crippen LogP contribution is 2.34. The molecule has 1 heterocycles. The van der Waals surface area contributed by atoms with Crippen LogP contribution in [0, 0.1) is 10.1 Å². The van der Waals surface area contributed by atoms with Crippen molar-refractivity contribution >= 4 is 61.7 Å². The quantitative estimate of drug-likeness (QED) is 0.493. The molecule has 29 heavy (non-hydrogen) atoms. The fraction of sp³-hybridized carbons (Fsp3) is 0.211. The number of amides is 2. The third-order valence-electron chi connectivity index (χ3n) is 4.15. The number of para-hydroxylation sites is 3. The molecule has 1 aliphatic heterocycles. The second kappa shape index (κ2) is 9.19. The fourth-order valence-corrected chi connectivity index (χ4v) is 4.36. The van der Waals surface area contributed by atoms with E-state index in [1.807, 2.05) is 31.2 Å². The fourth-order valence-electron chi connectivity index (χ4n) is 2.77. The Morgan fingerprint density at radius 3 is 2.66 bits per heavy atom. The Balaban J connectivity index is 1.75. The summed E-state index contributed by atoms with van der Waals surface area (Å²) in [6.07, 6.45) is -0.110.